The molecule has 0 aliphatic heterocycles. The maximum atomic E-state index is 11.1. The number of amides is 1. The summed E-state index contributed by atoms with van der Waals surface area (Å²) < 4.78 is 0. The Balaban J connectivity index is 2.70. The number of nitrogens with one attached hydrogen (secondary N) is 1. The Kier molecular flexibility index (Phi) is 2.80. The number of pyridine rings is 1. The van der Waals surface area contributed by atoms with Crippen molar-refractivity contribution in [1.29, 1.82) is 0 Å². The third-order valence-electron chi connectivity index (χ3n) is 1.54. The van der Waals surface area contributed by atoms with E-state index in [1.165, 1.54) is 0 Å². The molecular weight excluding hydrogens is 164 g/mol. The minimum Gasteiger partial charge on any atom is -0.307 e. The van der Waals surface area contributed by atoms with Crippen LogP contribution in [0.25, 0.3) is 0 Å². The summed E-state index contributed by atoms with van der Waals surface area (Å²) in [4.78, 5) is 15.2. The molecule has 0 fully saturated rings. The van der Waals surface area contributed by atoms with Crippen molar-refractivity contribution < 1.29 is 4.79 Å². The van der Waals surface area contributed by atoms with Crippen LogP contribution in [0, 0.1) is 6.92 Å². The van der Waals surface area contributed by atoms with Gasteiger partial charge in [0, 0.05) is 11.8 Å². The smallest absolute Gasteiger partial charge is 0.251 e. The van der Waals surface area contributed by atoms with E-state index in [1.807, 2.05) is 13.0 Å². The molecule has 1 heterocycles. The van der Waals surface area contributed by atoms with Crippen LogP contribution in [-0.4, -0.2) is 10.9 Å². The number of rotatable bonds is 2. The van der Waals surface area contributed by atoms with Crippen LogP contribution in [0.15, 0.2) is 30.5 Å². The zero-order chi connectivity index (χ0) is 9.84. The molecule has 1 rings (SSSR count). The van der Waals surface area contributed by atoms with E-state index in [4.69, 9.17) is 0 Å². The van der Waals surface area contributed by atoms with Gasteiger partial charge in [0.1, 0.15) is 5.82 Å². The molecule has 0 aliphatic carbocycles. The first-order chi connectivity index (χ1) is 6.09. The van der Waals surface area contributed by atoms with Crippen LogP contribution < -0.4 is 5.32 Å². The van der Waals surface area contributed by atoms with Crippen molar-refractivity contribution in [2.45, 2.75) is 13.8 Å². The van der Waals surface area contributed by atoms with E-state index in [0.717, 1.165) is 5.56 Å². The van der Waals surface area contributed by atoms with Gasteiger partial charge in [-0.25, -0.2) is 4.98 Å². The molecule has 0 atom stereocenters. The Morgan fingerprint density at radius 1 is 1.54 bits per heavy atom. The topological polar surface area (TPSA) is 42.0 Å². The van der Waals surface area contributed by atoms with Crippen molar-refractivity contribution in [3.8, 4) is 0 Å². The highest BCUT2D eigenvalue weighted by Gasteiger charge is 2.01. The van der Waals surface area contributed by atoms with Crippen LogP contribution in [0.1, 0.15) is 12.5 Å². The molecule has 0 aromatic carbocycles. The van der Waals surface area contributed by atoms with Gasteiger partial charge in [0.2, 0.25) is 0 Å². The fourth-order valence-electron chi connectivity index (χ4n) is 0.765. The predicted molar refractivity (Wildman–Crippen MR) is 52.4 cm³/mol. The van der Waals surface area contributed by atoms with Crippen LogP contribution >= 0.6 is 0 Å². The average Bonchev–Trinajstić information content (AvgIpc) is 2.08. The SMILES string of the molecule is C=C(C)C(=O)Nc1ccc(C)cn1. The van der Waals surface area contributed by atoms with E-state index in [0.29, 0.717) is 11.4 Å². The predicted octanol–water partition coefficient (Wildman–Crippen LogP) is 1.90. The third-order valence-corrected chi connectivity index (χ3v) is 1.54. The van der Waals surface area contributed by atoms with E-state index in [-0.39, 0.29) is 5.91 Å². The summed E-state index contributed by atoms with van der Waals surface area (Å²) >= 11 is 0. The van der Waals surface area contributed by atoms with Gasteiger partial charge >= 0.3 is 0 Å². The van der Waals surface area contributed by atoms with Gasteiger partial charge in [0.15, 0.2) is 0 Å². The van der Waals surface area contributed by atoms with Crippen LogP contribution in [0.4, 0.5) is 5.82 Å². The molecular formula is C10H12N2O. The van der Waals surface area contributed by atoms with E-state index in [2.05, 4.69) is 16.9 Å². The summed E-state index contributed by atoms with van der Waals surface area (Å²) in [6, 6.07) is 3.65. The molecule has 13 heavy (non-hydrogen) atoms. The molecule has 0 bridgehead atoms. The highest BCUT2D eigenvalue weighted by molar-refractivity contribution is 6.02. The number of hydrogen-bond acceptors (Lipinski definition) is 2. The van der Waals surface area contributed by atoms with Crippen molar-refractivity contribution in [3.05, 3.63) is 36.0 Å². The summed E-state index contributed by atoms with van der Waals surface area (Å²) in [6.45, 7) is 7.13. The number of nitrogens with zero attached hydrogens (tertiary/aromatic N) is 1. The summed E-state index contributed by atoms with van der Waals surface area (Å²) in [5.74, 6) is 0.356. The zero-order valence-corrected chi connectivity index (χ0v) is 7.79. The molecule has 1 N–H and O–H groups in total. The van der Waals surface area contributed by atoms with E-state index < -0.39 is 0 Å². The van der Waals surface area contributed by atoms with Crippen molar-refractivity contribution in [3.63, 3.8) is 0 Å². The van der Waals surface area contributed by atoms with E-state index in [1.54, 1.807) is 19.2 Å². The Morgan fingerprint density at radius 2 is 2.23 bits per heavy atom. The van der Waals surface area contributed by atoms with Crippen molar-refractivity contribution in [2.75, 3.05) is 5.32 Å². The lowest BCUT2D eigenvalue weighted by Gasteiger charge is -2.02. The molecule has 1 amide bonds. The fraction of sp³-hybridized carbons (Fsp3) is 0.200. The van der Waals surface area contributed by atoms with Crippen molar-refractivity contribution in [1.82, 2.24) is 4.98 Å². The van der Waals surface area contributed by atoms with Crippen LogP contribution in [0.3, 0.4) is 0 Å². The Morgan fingerprint density at radius 3 is 2.69 bits per heavy atom. The molecule has 1 aromatic rings. The summed E-state index contributed by atoms with van der Waals surface area (Å²) in [7, 11) is 0. The molecule has 0 aliphatic rings. The first kappa shape index (κ1) is 9.45. The molecule has 0 spiro atoms. The number of aryl methyl sites for hydroxylation is 1. The molecule has 0 saturated heterocycles. The fourth-order valence-corrected chi connectivity index (χ4v) is 0.765. The Hall–Kier alpha value is -1.64. The molecule has 0 unspecified atom stereocenters. The normalized spacial score (nSPS) is 9.38. The van der Waals surface area contributed by atoms with Crippen LogP contribution in [-0.2, 0) is 4.79 Å². The maximum Gasteiger partial charge on any atom is 0.251 e. The Bertz CT molecular complexity index is 327. The van der Waals surface area contributed by atoms with E-state index in [9.17, 15) is 4.79 Å². The largest absolute Gasteiger partial charge is 0.307 e. The van der Waals surface area contributed by atoms with Gasteiger partial charge in [-0.05, 0) is 25.5 Å². The third kappa shape index (κ3) is 2.71. The van der Waals surface area contributed by atoms with Gasteiger partial charge in [-0.15, -0.1) is 0 Å². The van der Waals surface area contributed by atoms with Crippen molar-refractivity contribution >= 4 is 11.7 Å². The minimum absolute atomic E-state index is 0.198. The number of anilines is 1. The lowest BCUT2D eigenvalue weighted by atomic mass is 10.3. The molecule has 68 valence electrons. The second-order valence-corrected chi connectivity index (χ2v) is 2.96. The lowest BCUT2D eigenvalue weighted by Crippen LogP contribution is -2.12. The van der Waals surface area contributed by atoms with Crippen molar-refractivity contribution in [2.24, 2.45) is 0 Å². The van der Waals surface area contributed by atoms with Gasteiger partial charge in [0.05, 0.1) is 0 Å². The number of hydrogen-bond donors (Lipinski definition) is 1. The first-order valence-electron chi connectivity index (χ1n) is 3.99. The molecule has 1 aromatic heterocycles. The monoisotopic (exact) mass is 176 g/mol. The van der Waals surface area contributed by atoms with Gasteiger partial charge in [-0.1, -0.05) is 12.6 Å². The average molecular weight is 176 g/mol. The maximum absolute atomic E-state index is 11.1. The highest BCUT2D eigenvalue weighted by atomic mass is 16.1. The Labute approximate surface area is 77.5 Å². The number of carbonyl (C=O) groups is 1. The summed E-state index contributed by atoms with van der Waals surface area (Å²) in [6.07, 6.45) is 1.70. The second-order valence-electron chi connectivity index (χ2n) is 2.96. The standard InChI is InChI=1S/C10H12N2O/c1-7(2)10(13)12-9-5-4-8(3)6-11-9/h4-6H,1H2,2-3H3,(H,11,12,13). The molecule has 0 saturated carbocycles. The molecule has 3 heteroatoms. The quantitative estimate of drug-likeness (QED) is 0.699. The van der Waals surface area contributed by atoms with Crippen LogP contribution in [0.5, 0.6) is 0 Å². The molecule has 3 nitrogen and oxygen atoms in total. The zero-order valence-electron chi connectivity index (χ0n) is 7.79. The number of aromatic nitrogens is 1. The first-order valence-corrected chi connectivity index (χ1v) is 3.99. The van der Waals surface area contributed by atoms with Gasteiger partial charge in [0.25, 0.3) is 5.91 Å². The summed E-state index contributed by atoms with van der Waals surface area (Å²) in [5.41, 5.74) is 1.54. The van der Waals surface area contributed by atoms with E-state index >= 15 is 0 Å². The highest BCUT2D eigenvalue weighted by Crippen LogP contribution is 2.04. The lowest BCUT2D eigenvalue weighted by molar-refractivity contribution is -0.112. The van der Waals surface area contributed by atoms with Gasteiger partial charge in [-0.3, -0.25) is 4.79 Å². The second kappa shape index (κ2) is 3.85. The molecule has 0 radical (unpaired) electrons. The summed E-state index contributed by atoms with van der Waals surface area (Å²) in [5, 5.41) is 2.62. The van der Waals surface area contributed by atoms with Gasteiger partial charge in [-0.2, -0.15) is 0 Å². The van der Waals surface area contributed by atoms with Gasteiger partial charge < -0.3 is 5.32 Å². The van der Waals surface area contributed by atoms with Crippen LogP contribution in [0.2, 0.25) is 0 Å². The minimum atomic E-state index is -0.198. The number of carbonyl (C=O) groups excluding carboxylic acids is 1.